The van der Waals surface area contributed by atoms with Gasteiger partial charge in [-0.05, 0) is 60.5 Å². The number of imide groups is 1. The molecule has 4 N–H and O–H groups in total. The van der Waals surface area contributed by atoms with Crippen molar-refractivity contribution in [3.8, 4) is 0 Å². The highest BCUT2D eigenvalue weighted by molar-refractivity contribution is 8.15. The molecular formula is C20H22ClN3O3S. The molecule has 1 saturated heterocycles. The summed E-state index contributed by atoms with van der Waals surface area (Å²) < 4.78 is 0. The summed E-state index contributed by atoms with van der Waals surface area (Å²) in [7, 11) is 0. The molecule has 6 nitrogen and oxygen atoms in total. The van der Waals surface area contributed by atoms with Gasteiger partial charge in [0.15, 0.2) is 5.37 Å². The molecule has 148 valence electrons. The molecule has 3 rings (SSSR count). The number of carbonyl (C=O) groups is 2. The number of anilines is 1. The number of hydrogen-bond acceptors (Lipinski definition) is 6. The number of carbonyl (C=O) groups excluding carboxylic acids is 2. The summed E-state index contributed by atoms with van der Waals surface area (Å²) in [4.78, 5) is 22.8. The summed E-state index contributed by atoms with van der Waals surface area (Å²) >= 11 is 6.90. The summed E-state index contributed by atoms with van der Waals surface area (Å²) in [6, 6.07) is 15.1. The van der Waals surface area contributed by atoms with Gasteiger partial charge in [0, 0.05) is 23.3 Å². The monoisotopic (exact) mass is 419 g/mol. The van der Waals surface area contributed by atoms with Crippen LogP contribution in [0, 0.1) is 0 Å². The average Bonchev–Trinajstić information content (AvgIpc) is 2.98. The standard InChI is InChI=1S/C20H22ClN3O3S/c1-12(22-11-17(25)14-3-2-4-15(21)10-14)9-13-5-7-16(8-6-13)23-19-18(26)24-20(27)28-19/h2-8,10,12,17,19,22-23,25H,9,11H2,1H3,(H,24,26,27)/t12?,17-,19?/m1/s1. The van der Waals surface area contributed by atoms with Gasteiger partial charge in [-0.3, -0.25) is 14.9 Å². The maximum absolute atomic E-state index is 11.6. The quantitative estimate of drug-likeness (QED) is 0.524. The van der Waals surface area contributed by atoms with E-state index in [2.05, 4.69) is 22.9 Å². The van der Waals surface area contributed by atoms with E-state index in [-0.39, 0.29) is 17.2 Å². The van der Waals surface area contributed by atoms with E-state index in [0.717, 1.165) is 35.0 Å². The van der Waals surface area contributed by atoms with Crippen LogP contribution in [0.15, 0.2) is 48.5 Å². The molecule has 0 bridgehead atoms. The fraction of sp³-hybridized carbons (Fsp3) is 0.300. The number of halogens is 1. The van der Waals surface area contributed by atoms with Gasteiger partial charge in [-0.15, -0.1) is 0 Å². The van der Waals surface area contributed by atoms with Gasteiger partial charge in [0.1, 0.15) is 0 Å². The lowest BCUT2D eigenvalue weighted by atomic mass is 10.1. The van der Waals surface area contributed by atoms with E-state index < -0.39 is 11.5 Å². The Balaban J connectivity index is 1.47. The maximum Gasteiger partial charge on any atom is 0.288 e. The summed E-state index contributed by atoms with van der Waals surface area (Å²) in [5.74, 6) is -0.324. The Labute approximate surface area is 173 Å². The molecule has 1 aliphatic rings. The molecule has 2 unspecified atom stereocenters. The highest BCUT2D eigenvalue weighted by atomic mass is 35.5. The summed E-state index contributed by atoms with van der Waals surface area (Å²) in [5, 5.41) is 18.6. The van der Waals surface area contributed by atoms with Crippen LogP contribution >= 0.6 is 23.4 Å². The molecule has 2 aromatic rings. The van der Waals surface area contributed by atoms with Crippen molar-refractivity contribution in [2.45, 2.75) is 30.9 Å². The predicted octanol–water partition coefficient (Wildman–Crippen LogP) is 3.32. The van der Waals surface area contributed by atoms with Crippen molar-refractivity contribution in [3.05, 3.63) is 64.7 Å². The summed E-state index contributed by atoms with van der Waals surface area (Å²) in [5.41, 5.74) is 2.69. The lowest BCUT2D eigenvalue weighted by Gasteiger charge is -2.18. The molecular weight excluding hydrogens is 398 g/mol. The van der Waals surface area contributed by atoms with Crippen molar-refractivity contribution in [2.24, 2.45) is 0 Å². The van der Waals surface area contributed by atoms with Gasteiger partial charge in [0.25, 0.3) is 11.1 Å². The second-order valence-electron chi connectivity index (χ2n) is 6.70. The zero-order chi connectivity index (χ0) is 20.1. The molecule has 3 atom stereocenters. The average molecular weight is 420 g/mol. The fourth-order valence-electron chi connectivity index (χ4n) is 2.91. The van der Waals surface area contributed by atoms with Gasteiger partial charge in [-0.2, -0.15) is 0 Å². The third-order valence-corrected chi connectivity index (χ3v) is 5.49. The minimum absolute atomic E-state index is 0.168. The van der Waals surface area contributed by atoms with E-state index in [1.54, 1.807) is 12.1 Å². The van der Waals surface area contributed by atoms with Crippen molar-refractivity contribution in [1.82, 2.24) is 10.6 Å². The van der Waals surface area contributed by atoms with Crippen molar-refractivity contribution in [2.75, 3.05) is 11.9 Å². The number of amides is 2. The summed E-state index contributed by atoms with van der Waals surface area (Å²) in [6.07, 6.45) is 0.171. The molecule has 2 aromatic carbocycles. The van der Waals surface area contributed by atoms with Crippen molar-refractivity contribution in [3.63, 3.8) is 0 Å². The Morgan fingerprint density at radius 2 is 1.96 bits per heavy atom. The number of hydrogen-bond donors (Lipinski definition) is 4. The lowest BCUT2D eigenvalue weighted by molar-refractivity contribution is -0.118. The van der Waals surface area contributed by atoms with Gasteiger partial charge >= 0.3 is 0 Å². The van der Waals surface area contributed by atoms with Crippen LogP contribution in [0.2, 0.25) is 5.02 Å². The first-order valence-electron chi connectivity index (χ1n) is 8.94. The minimum Gasteiger partial charge on any atom is -0.387 e. The summed E-state index contributed by atoms with van der Waals surface area (Å²) in [6.45, 7) is 2.49. The van der Waals surface area contributed by atoms with E-state index in [1.807, 2.05) is 36.4 Å². The normalized spacial score (nSPS) is 18.6. The minimum atomic E-state index is -0.620. The van der Waals surface area contributed by atoms with Gasteiger partial charge in [0.2, 0.25) is 0 Å². The Hall–Kier alpha value is -2.06. The Bertz CT molecular complexity index is 847. The zero-order valence-electron chi connectivity index (χ0n) is 15.3. The molecule has 28 heavy (non-hydrogen) atoms. The molecule has 0 radical (unpaired) electrons. The molecule has 1 heterocycles. The van der Waals surface area contributed by atoms with E-state index in [9.17, 15) is 14.7 Å². The maximum atomic E-state index is 11.6. The van der Waals surface area contributed by atoms with Crippen LogP contribution in [0.3, 0.4) is 0 Å². The molecule has 2 amide bonds. The van der Waals surface area contributed by atoms with Gasteiger partial charge in [-0.25, -0.2) is 0 Å². The SMILES string of the molecule is CC(Cc1ccc(NC2SC(=O)NC2=O)cc1)NC[C@@H](O)c1cccc(Cl)c1. The smallest absolute Gasteiger partial charge is 0.288 e. The first-order valence-corrected chi connectivity index (χ1v) is 10.2. The molecule has 1 aliphatic heterocycles. The van der Waals surface area contributed by atoms with E-state index in [0.29, 0.717) is 11.6 Å². The van der Waals surface area contributed by atoms with Crippen LogP contribution in [0.25, 0.3) is 0 Å². The molecule has 0 saturated carbocycles. The first kappa shape index (κ1) is 20.7. The third kappa shape index (κ3) is 5.72. The number of aliphatic hydroxyl groups is 1. The van der Waals surface area contributed by atoms with Crippen molar-refractivity contribution in [1.29, 1.82) is 0 Å². The molecule has 0 aromatic heterocycles. The van der Waals surface area contributed by atoms with Crippen LogP contribution in [-0.4, -0.2) is 34.2 Å². The van der Waals surface area contributed by atoms with Crippen LogP contribution in [-0.2, 0) is 11.2 Å². The number of thioether (sulfide) groups is 1. The van der Waals surface area contributed by atoms with Gasteiger partial charge in [0.05, 0.1) is 6.10 Å². The first-order chi connectivity index (χ1) is 13.4. The highest BCUT2D eigenvalue weighted by Crippen LogP contribution is 2.22. The third-order valence-electron chi connectivity index (χ3n) is 4.37. The van der Waals surface area contributed by atoms with Gasteiger partial charge < -0.3 is 15.7 Å². The van der Waals surface area contributed by atoms with Crippen molar-refractivity contribution < 1.29 is 14.7 Å². The van der Waals surface area contributed by atoms with E-state index >= 15 is 0 Å². The Morgan fingerprint density at radius 1 is 1.21 bits per heavy atom. The van der Waals surface area contributed by atoms with Crippen LogP contribution < -0.4 is 16.0 Å². The topological polar surface area (TPSA) is 90.5 Å². The fourth-order valence-corrected chi connectivity index (χ4v) is 3.84. The second-order valence-corrected chi connectivity index (χ2v) is 8.21. The Morgan fingerprint density at radius 3 is 2.61 bits per heavy atom. The zero-order valence-corrected chi connectivity index (χ0v) is 16.9. The van der Waals surface area contributed by atoms with Crippen molar-refractivity contribution >= 4 is 40.2 Å². The number of nitrogens with one attached hydrogen (secondary N) is 3. The number of benzene rings is 2. The van der Waals surface area contributed by atoms with Gasteiger partial charge in [-0.1, -0.05) is 35.9 Å². The molecule has 0 spiro atoms. The predicted molar refractivity (Wildman–Crippen MR) is 113 cm³/mol. The Kier molecular flexibility index (Phi) is 6.96. The highest BCUT2D eigenvalue weighted by Gasteiger charge is 2.31. The van der Waals surface area contributed by atoms with E-state index in [4.69, 9.17) is 11.6 Å². The van der Waals surface area contributed by atoms with Crippen LogP contribution in [0.4, 0.5) is 10.5 Å². The largest absolute Gasteiger partial charge is 0.387 e. The number of aliphatic hydroxyl groups excluding tert-OH is 1. The molecule has 8 heteroatoms. The molecule has 1 fully saturated rings. The van der Waals surface area contributed by atoms with E-state index in [1.165, 1.54) is 0 Å². The lowest BCUT2D eigenvalue weighted by Crippen LogP contribution is -2.32. The number of rotatable bonds is 8. The second kappa shape index (κ2) is 9.43. The van der Waals surface area contributed by atoms with Crippen LogP contribution in [0.1, 0.15) is 24.2 Å². The molecule has 0 aliphatic carbocycles. The van der Waals surface area contributed by atoms with Crippen LogP contribution in [0.5, 0.6) is 0 Å².